The van der Waals surface area contributed by atoms with Gasteiger partial charge in [0.2, 0.25) is 0 Å². The first-order valence-electron chi connectivity index (χ1n) is 5.93. The average Bonchev–Trinajstić information content (AvgIpc) is 2.43. The number of hydrogen-bond donors (Lipinski definition) is 0. The molecule has 20 heavy (non-hydrogen) atoms. The van der Waals surface area contributed by atoms with Crippen molar-refractivity contribution in [1.29, 1.82) is 0 Å². The lowest BCUT2D eigenvalue weighted by Gasteiger charge is -2.00. The second-order valence-electron chi connectivity index (χ2n) is 3.99. The minimum atomic E-state index is -0.677. The standard InChI is InChI=1S/C17H14O3/c1-13-7-4-5-8-14(2)11-12-15(17(19)20-3)16(18)10-6-9-13/h6,9-12H,1-3H3/b10-6+,13-9-,14-11-,15-12-. The molecule has 0 atom stereocenters. The first-order valence-corrected chi connectivity index (χ1v) is 5.93. The van der Waals surface area contributed by atoms with Crippen LogP contribution >= 0.6 is 0 Å². The van der Waals surface area contributed by atoms with E-state index in [0.29, 0.717) is 5.57 Å². The van der Waals surface area contributed by atoms with Gasteiger partial charge >= 0.3 is 5.97 Å². The molecular weight excluding hydrogens is 252 g/mol. The van der Waals surface area contributed by atoms with E-state index in [2.05, 4.69) is 28.4 Å². The van der Waals surface area contributed by atoms with Crippen LogP contribution in [-0.2, 0) is 14.3 Å². The van der Waals surface area contributed by atoms with Crippen LogP contribution in [0, 0.1) is 23.7 Å². The molecule has 0 fully saturated rings. The first-order chi connectivity index (χ1) is 9.54. The van der Waals surface area contributed by atoms with Crippen molar-refractivity contribution >= 4 is 11.8 Å². The van der Waals surface area contributed by atoms with Crippen molar-refractivity contribution < 1.29 is 14.3 Å². The minimum absolute atomic E-state index is 0.0453. The number of ether oxygens (including phenoxy) is 1. The molecule has 0 heterocycles. The van der Waals surface area contributed by atoms with E-state index in [1.807, 2.05) is 6.92 Å². The molecule has 1 rings (SSSR count). The Hall–Kier alpha value is -2.78. The van der Waals surface area contributed by atoms with Crippen molar-refractivity contribution in [2.24, 2.45) is 0 Å². The highest BCUT2D eigenvalue weighted by Gasteiger charge is 2.15. The summed E-state index contributed by atoms with van der Waals surface area (Å²) in [6.45, 7) is 3.58. The SMILES string of the molecule is COC(=O)/C1=C\C=C(\C)C#CC#C/C(C)=C\C=C\C1=O. The molecule has 0 unspecified atom stereocenters. The van der Waals surface area contributed by atoms with Gasteiger partial charge in [-0.1, -0.05) is 24.0 Å². The molecule has 3 heteroatoms. The zero-order valence-electron chi connectivity index (χ0n) is 11.6. The maximum absolute atomic E-state index is 11.9. The van der Waals surface area contributed by atoms with Crippen LogP contribution in [0.15, 0.2) is 47.1 Å². The van der Waals surface area contributed by atoms with E-state index in [0.717, 1.165) is 5.57 Å². The summed E-state index contributed by atoms with van der Waals surface area (Å²) in [5.74, 6) is 9.96. The third-order valence-corrected chi connectivity index (χ3v) is 2.35. The van der Waals surface area contributed by atoms with Crippen LogP contribution in [0.25, 0.3) is 0 Å². The Morgan fingerprint density at radius 2 is 1.65 bits per heavy atom. The summed E-state index contributed by atoms with van der Waals surface area (Å²) >= 11 is 0. The fourth-order valence-corrected chi connectivity index (χ4v) is 1.28. The van der Waals surface area contributed by atoms with Crippen LogP contribution in [0.3, 0.4) is 0 Å². The second-order valence-corrected chi connectivity index (χ2v) is 3.99. The third kappa shape index (κ3) is 4.84. The Morgan fingerprint density at radius 3 is 2.25 bits per heavy atom. The van der Waals surface area contributed by atoms with E-state index < -0.39 is 11.8 Å². The van der Waals surface area contributed by atoms with E-state index in [4.69, 9.17) is 0 Å². The molecule has 0 saturated heterocycles. The van der Waals surface area contributed by atoms with E-state index in [9.17, 15) is 9.59 Å². The van der Waals surface area contributed by atoms with Gasteiger partial charge in [0, 0.05) is 0 Å². The largest absolute Gasteiger partial charge is 0.465 e. The van der Waals surface area contributed by atoms with Crippen LogP contribution in [-0.4, -0.2) is 18.9 Å². The fourth-order valence-electron chi connectivity index (χ4n) is 1.28. The Morgan fingerprint density at radius 1 is 1.05 bits per heavy atom. The highest BCUT2D eigenvalue weighted by atomic mass is 16.5. The molecule has 0 aliphatic heterocycles. The topological polar surface area (TPSA) is 43.4 Å². The Balaban J connectivity index is 3.32. The Labute approximate surface area is 118 Å². The molecule has 0 bridgehead atoms. The van der Waals surface area contributed by atoms with Gasteiger partial charge in [0.25, 0.3) is 0 Å². The molecule has 0 saturated carbocycles. The van der Waals surface area contributed by atoms with Crippen molar-refractivity contribution in [3.8, 4) is 23.7 Å². The molecule has 3 nitrogen and oxygen atoms in total. The van der Waals surface area contributed by atoms with Crippen LogP contribution in [0.1, 0.15) is 13.8 Å². The van der Waals surface area contributed by atoms with Gasteiger partial charge in [-0.05, 0) is 55.1 Å². The Bertz CT molecular complexity index is 662. The normalized spacial score (nSPS) is 24.1. The highest BCUT2D eigenvalue weighted by Crippen LogP contribution is 2.04. The summed E-state index contributed by atoms with van der Waals surface area (Å²) in [6, 6.07) is 0. The summed E-state index contributed by atoms with van der Waals surface area (Å²) in [7, 11) is 1.23. The quantitative estimate of drug-likeness (QED) is 0.415. The van der Waals surface area contributed by atoms with Crippen molar-refractivity contribution in [3.63, 3.8) is 0 Å². The summed E-state index contributed by atoms with van der Waals surface area (Å²) < 4.78 is 4.60. The maximum Gasteiger partial charge on any atom is 0.341 e. The number of esters is 1. The summed E-state index contributed by atoms with van der Waals surface area (Å²) in [4.78, 5) is 23.5. The zero-order valence-corrected chi connectivity index (χ0v) is 11.6. The fraction of sp³-hybridized carbons (Fsp3) is 0.176. The van der Waals surface area contributed by atoms with E-state index in [-0.39, 0.29) is 5.57 Å². The molecule has 0 radical (unpaired) electrons. The van der Waals surface area contributed by atoms with Gasteiger partial charge in [-0.25, -0.2) is 4.79 Å². The molecule has 100 valence electrons. The first kappa shape index (κ1) is 15.3. The number of carbonyl (C=O) groups is 2. The predicted molar refractivity (Wildman–Crippen MR) is 77.3 cm³/mol. The highest BCUT2D eigenvalue weighted by molar-refractivity contribution is 6.21. The van der Waals surface area contributed by atoms with Crippen LogP contribution < -0.4 is 0 Å². The third-order valence-electron chi connectivity index (χ3n) is 2.35. The van der Waals surface area contributed by atoms with Crippen molar-refractivity contribution in [3.05, 3.63) is 47.1 Å². The zero-order chi connectivity index (χ0) is 15.0. The molecule has 0 amide bonds. The summed E-state index contributed by atoms with van der Waals surface area (Å²) in [6.07, 6.45) is 7.52. The van der Waals surface area contributed by atoms with Crippen LogP contribution in [0.5, 0.6) is 0 Å². The van der Waals surface area contributed by atoms with Crippen LogP contribution in [0.4, 0.5) is 0 Å². The molecular formula is C17H14O3. The van der Waals surface area contributed by atoms with Gasteiger partial charge in [0.05, 0.1) is 7.11 Å². The number of hydrogen-bond acceptors (Lipinski definition) is 3. The minimum Gasteiger partial charge on any atom is -0.465 e. The van der Waals surface area contributed by atoms with E-state index >= 15 is 0 Å². The lowest BCUT2D eigenvalue weighted by atomic mass is 10.1. The van der Waals surface area contributed by atoms with Gasteiger partial charge in [0.1, 0.15) is 5.57 Å². The monoisotopic (exact) mass is 266 g/mol. The molecule has 0 aromatic carbocycles. The van der Waals surface area contributed by atoms with Crippen molar-refractivity contribution in [2.45, 2.75) is 13.8 Å². The van der Waals surface area contributed by atoms with Crippen molar-refractivity contribution in [1.82, 2.24) is 0 Å². The van der Waals surface area contributed by atoms with Gasteiger partial charge in [-0.3, -0.25) is 4.79 Å². The number of ketones is 1. The van der Waals surface area contributed by atoms with Crippen molar-refractivity contribution in [2.75, 3.05) is 7.11 Å². The number of carbonyl (C=O) groups excluding carboxylic acids is 2. The lowest BCUT2D eigenvalue weighted by Crippen LogP contribution is -2.12. The molecule has 0 spiro atoms. The van der Waals surface area contributed by atoms with Crippen LogP contribution in [0.2, 0.25) is 0 Å². The molecule has 0 aromatic heterocycles. The van der Waals surface area contributed by atoms with Gasteiger partial charge < -0.3 is 4.74 Å². The second kappa shape index (κ2) is 7.61. The Kier molecular flexibility index (Phi) is 5.81. The predicted octanol–water partition coefficient (Wildman–Crippen LogP) is 2.12. The average molecular weight is 266 g/mol. The smallest absolute Gasteiger partial charge is 0.341 e. The van der Waals surface area contributed by atoms with Gasteiger partial charge in [-0.15, -0.1) is 0 Å². The molecule has 0 aromatic rings. The van der Waals surface area contributed by atoms with Gasteiger partial charge in [0.15, 0.2) is 5.78 Å². The number of allylic oxidation sites excluding steroid dienone is 7. The maximum atomic E-state index is 11.9. The lowest BCUT2D eigenvalue weighted by molar-refractivity contribution is -0.137. The summed E-state index contributed by atoms with van der Waals surface area (Å²) in [5.41, 5.74) is 1.42. The van der Waals surface area contributed by atoms with E-state index in [1.54, 1.807) is 25.2 Å². The molecule has 1 aliphatic rings. The van der Waals surface area contributed by atoms with Gasteiger partial charge in [-0.2, -0.15) is 0 Å². The molecule has 0 N–H and O–H groups in total. The number of rotatable bonds is 1. The molecule has 1 aliphatic carbocycles. The number of methoxy groups -OCH3 is 1. The van der Waals surface area contributed by atoms with E-state index in [1.165, 1.54) is 19.3 Å². The summed E-state index contributed by atoms with van der Waals surface area (Å²) in [5, 5.41) is 0.